The van der Waals surface area contributed by atoms with Crippen molar-refractivity contribution >= 4 is 11.7 Å². The van der Waals surface area contributed by atoms with Crippen molar-refractivity contribution < 1.29 is 9.53 Å². The Balaban J connectivity index is 1.97. The summed E-state index contributed by atoms with van der Waals surface area (Å²) in [5, 5.41) is 5.66. The molecule has 0 spiro atoms. The van der Waals surface area contributed by atoms with E-state index < -0.39 is 6.23 Å². The van der Waals surface area contributed by atoms with Crippen LogP contribution in [0.3, 0.4) is 0 Å². The molecule has 1 unspecified atom stereocenters. The summed E-state index contributed by atoms with van der Waals surface area (Å²) < 4.78 is 5.89. The van der Waals surface area contributed by atoms with Crippen LogP contribution in [-0.4, -0.2) is 12.3 Å². The zero-order chi connectivity index (χ0) is 17.7. The number of anilines is 1. The molecule has 24 heavy (non-hydrogen) atoms. The molecule has 0 aliphatic rings. The number of hydrogen-bond acceptors (Lipinski definition) is 2. The fourth-order valence-electron chi connectivity index (χ4n) is 2.68. The van der Waals surface area contributed by atoms with Gasteiger partial charge in [0.05, 0.1) is 0 Å². The molecule has 2 rings (SSSR count). The van der Waals surface area contributed by atoms with Crippen molar-refractivity contribution in [3.8, 4) is 5.75 Å². The molecule has 2 aromatic carbocycles. The summed E-state index contributed by atoms with van der Waals surface area (Å²) >= 11 is 0. The van der Waals surface area contributed by atoms with Crippen molar-refractivity contribution in [3.05, 3.63) is 59.2 Å². The Morgan fingerprint density at radius 2 is 1.62 bits per heavy atom. The number of urea groups is 1. The highest BCUT2D eigenvalue weighted by Gasteiger charge is 2.12. The predicted molar refractivity (Wildman–Crippen MR) is 98.7 cm³/mol. The van der Waals surface area contributed by atoms with Crippen LogP contribution in [0, 0.1) is 13.8 Å². The van der Waals surface area contributed by atoms with Crippen molar-refractivity contribution in [2.45, 2.75) is 46.8 Å². The van der Waals surface area contributed by atoms with Crippen molar-refractivity contribution in [2.24, 2.45) is 0 Å². The van der Waals surface area contributed by atoms with Crippen molar-refractivity contribution in [2.75, 3.05) is 5.32 Å². The van der Waals surface area contributed by atoms with E-state index in [-0.39, 0.29) is 6.03 Å². The van der Waals surface area contributed by atoms with Crippen LogP contribution in [-0.2, 0) is 0 Å². The summed E-state index contributed by atoms with van der Waals surface area (Å²) in [4.78, 5) is 12.2. The summed E-state index contributed by atoms with van der Waals surface area (Å²) in [7, 11) is 0. The third kappa shape index (κ3) is 5.01. The van der Waals surface area contributed by atoms with Crippen LogP contribution in [0.15, 0.2) is 42.5 Å². The van der Waals surface area contributed by atoms with Crippen LogP contribution >= 0.6 is 0 Å². The summed E-state index contributed by atoms with van der Waals surface area (Å²) in [5.41, 5.74) is 4.13. The Morgan fingerprint density at radius 1 is 1.00 bits per heavy atom. The van der Waals surface area contributed by atoms with Crippen LogP contribution in [0.5, 0.6) is 5.75 Å². The summed E-state index contributed by atoms with van der Waals surface area (Å²) in [5.74, 6) is 1.16. The van der Waals surface area contributed by atoms with Gasteiger partial charge in [0.2, 0.25) is 0 Å². The van der Waals surface area contributed by atoms with E-state index in [9.17, 15) is 4.79 Å². The molecule has 0 saturated heterocycles. The van der Waals surface area contributed by atoms with Gasteiger partial charge in [0.15, 0.2) is 6.23 Å². The topological polar surface area (TPSA) is 50.4 Å². The molecule has 0 aliphatic heterocycles. The van der Waals surface area contributed by atoms with Crippen LogP contribution in [0.4, 0.5) is 10.5 Å². The average Bonchev–Trinajstić information content (AvgIpc) is 2.45. The molecule has 2 N–H and O–H groups in total. The molecule has 128 valence electrons. The average molecular weight is 326 g/mol. The highest BCUT2D eigenvalue weighted by Crippen LogP contribution is 2.26. The maximum Gasteiger partial charge on any atom is 0.322 e. The molecule has 2 amide bonds. The quantitative estimate of drug-likeness (QED) is 0.762. The summed E-state index contributed by atoms with van der Waals surface area (Å²) in [6.07, 6.45) is -0.434. The van der Waals surface area contributed by atoms with Gasteiger partial charge in [-0.15, -0.1) is 0 Å². The lowest BCUT2D eigenvalue weighted by atomic mass is 10.0. The van der Waals surface area contributed by atoms with E-state index in [1.807, 2.05) is 57.2 Å². The number of carbonyl (C=O) groups is 1. The molecule has 0 saturated carbocycles. The standard InChI is InChI=1S/C20H26N2O2/c1-13(2)18-8-6-7-9-19(18)24-16(5)21-20(23)22-17-11-14(3)10-15(4)12-17/h6-13,16H,1-5H3,(H2,21,22,23). The highest BCUT2D eigenvalue weighted by molar-refractivity contribution is 5.89. The fourth-order valence-corrected chi connectivity index (χ4v) is 2.68. The molecule has 0 aromatic heterocycles. The first kappa shape index (κ1) is 17.9. The number of para-hydroxylation sites is 1. The van der Waals surface area contributed by atoms with Gasteiger partial charge in [-0.1, -0.05) is 38.1 Å². The van der Waals surface area contributed by atoms with Crippen molar-refractivity contribution in [1.29, 1.82) is 0 Å². The second-order valence-electron chi connectivity index (χ2n) is 6.43. The minimum absolute atomic E-state index is 0.283. The van der Waals surface area contributed by atoms with Crippen LogP contribution in [0.2, 0.25) is 0 Å². The van der Waals surface area contributed by atoms with Gasteiger partial charge >= 0.3 is 6.03 Å². The van der Waals surface area contributed by atoms with Crippen molar-refractivity contribution in [3.63, 3.8) is 0 Å². The highest BCUT2D eigenvalue weighted by atomic mass is 16.5. The number of benzene rings is 2. The molecule has 1 atom stereocenters. The zero-order valence-electron chi connectivity index (χ0n) is 15.0. The predicted octanol–water partition coefficient (Wildman–Crippen LogP) is 4.97. The first-order valence-corrected chi connectivity index (χ1v) is 8.26. The lowest BCUT2D eigenvalue weighted by Gasteiger charge is -2.20. The molecule has 0 radical (unpaired) electrons. The summed E-state index contributed by atoms with van der Waals surface area (Å²) in [6, 6.07) is 13.6. The third-order valence-electron chi connectivity index (χ3n) is 3.66. The zero-order valence-corrected chi connectivity index (χ0v) is 15.0. The number of nitrogens with one attached hydrogen (secondary N) is 2. The maximum absolute atomic E-state index is 12.2. The van der Waals surface area contributed by atoms with E-state index in [0.717, 1.165) is 28.1 Å². The fraction of sp³-hybridized carbons (Fsp3) is 0.350. The number of amides is 2. The second-order valence-corrected chi connectivity index (χ2v) is 6.43. The Labute approximate surface area is 144 Å². The first-order valence-electron chi connectivity index (χ1n) is 8.26. The molecule has 0 fully saturated rings. The minimum atomic E-state index is -0.434. The molecule has 2 aromatic rings. The van der Waals surface area contributed by atoms with Crippen LogP contribution < -0.4 is 15.4 Å². The normalized spacial score (nSPS) is 11.9. The minimum Gasteiger partial charge on any atom is -0.471 e. The molecule has 4 nitrogen and oxygen atoms in total. The van der Waals surface area contributed by atoms with Gasteiger partial charge in [-0.05, 0) is 61.6 Å². The summed E-state index contributed by atoms with van der Waals surface area (Å²) in [6.45, 7) is 10.1. The monoisotopic (exact) mass is 326 g/mol. The molecule has 0 heterocycles. The van der Waals surface area contributed by atoms with Gasteiger partial charge in [-0.25, -0.2) is 4.79 Å². The number of hydrogen-bond donors (Lipinski definition) is 2. The van der Waals surface area contributed by atoms with E-state index >= 15 is 0 Å². The molecule has 4 heteroatoms. The van der Waals surface area contributed by atoms with Gasteiger partial charge in [-0.3, -0.25) is 0 Å². The van der Waals surface area contributed by atoms with E-state index in [4.69, 9.17) is 4.74 Å². The largest absolute Gasteiger partial charge is 0.471 e. The second kappa shape index (κ2) is 7.86. The van der Waals surface area contributed by atoms with Crippen LogP contribution in [0.25, 0.3) is 0 Å². The molecular formula is C20H26N2O2. The van der Waals surface area contributed by atoms with Gasteiger partial charge in [-0.2, -0.15) is 0 Å². The lowest BCUT2D eigenvalue weighted by Crippen LogP contribution is -2.39. The van der Waals surface area contributed by atoms with Gasteiger partial charge in [0, 0.05) is 5.69 Å². The van der Waals surface area contributed by atoms with Gasteiger partial charge < -0.3 is 15.4 Å². The van der Waals surface area contributed by atoms with Gasteiger partial charge in [0.25, 0.3) is 0 Å². The SMILES string of the molecule is Cc1cc(C)cc(NC(=O)NC(C)Oc2ccccc2C(C)C)c1. The number of carbonyl (C=O) groups excluding carboxylic acids is 1. The Kier molecular flexibility index (Phi) is 5.85. The van der Waals surface area contributed by atoms with E-state index in [2.05, 4.69) is 30.5 Å². The number of ether oxygens (including phenoxy) is 1. The Bertz CT molecular complexity index is 690. The Hall–Kier alpha value is -2.49. The molecule has 0 aliphatic carbocycles. The van der Waals surface area contributed by atoms with Crippen molar-refractivity contribution in [1.82, 2.24) is 5.32 Å². The maximum atomic E-state index is 12.2. The number of rotatable bonds is 5. The van der Waals surface area contributed by atoms with E-state index in [0.29, 0.717) is 5.92 Å². The molecular weight excluding hydrogens is 300 g/mol. The Morgan fingerprint density at radius 3 is 2.25 bits per heavy atom. The lowest BCUT2D eigenvalue weighted by molar-refractivity contribution is 0.181. The van der Waals surface area contributed by atoms with E-state index in [1.165, 1.54) is 0 Å². The smallest absolute Gasteiger partial charge is 0.322 e. The van der Waals surface area contributed by atoms with Gasteiger partial charge in [0.1, 0.15) is 5.75 Å². The first-order chi connectivity index (χ1) is 11.3. The number of aryl methyl sites for hydroxylation is 2. The molecule has 0 bridgehead atoms. The third-order valence-corrected chi connectivity index (χ3v) is 3.66. The van der Waals surface area contributed by atoms with E-state index in [1.54, 1.807) is 0 Å². The van der Waals surface area contributed by atoms with Crippen LogP contribution in [0.1, 0.15) is 43.4 Å².